The van der Waals surface area contributed by atoms with Crippen LogP contribution in [0.4, 0.5) is 8.78 Å². The Labute approximate surface area is 112 Å². The minimum Gasteiger partial charge on any atom is -0.435 e. The van der Waals surface area contributed by atoms with Crippen molar-refractivity contribution in [3.63, 3.8) is 0 Å². The highest BCUT2D eigenvalue weighted by molar-refractivity contribution is 5.72. The van der Waals surface area contributed by atoms with Crippen molar-refractivity contribution in [1.82, 2.24) is 9.97 Å². The Kier molecular flexibility index (Phi) is 2.94. The summed E-state index contributed by atoms with van der Waals surface area (Å²) in [5, 5.41) is 9.81. The largest absolute Gasteiger partial charge is 0.435 e. The first-order valence-corrected chi connectivity index (χ1v) is 5.92. The number of oxazole rings is 1. The van der Waals surface area contributed by atoms with Gasteiger partial charge in [0.25, 0.3) is 5.89 Å². The molecule has 4 nitrogen and oxygen atoms in total. The van der Waals surface area contributed by atoms with Crippen molar-refractivity contribution < 1.29 is 18.3 Å². The van der Waals surface area contributed by atoms with E-state index < -0.39 is 17.9 Å². The standard InChI is InChI=1S/C14H10F2N2O2/c15-14(16,12(19)10-6-3-4-8-17-10)13-18-9-5-1-2-7-11(9)20-13/h1-8,12,19H. The zero-order valence-corrected chi connectivity index (χ0v) is 10.2. The van der Waals surface area contributed by atoms with Crippen LogP contribution in [0.25, 0.3) is 11.1 Å². The Morgan fingerprint density at radius 3 is 2.55 bits per heavy atom. The van der Waals surface area contributed by atoms with Gasteiger partial charge in [-0.3, -0.25) is 4.98 Å². The van der Waals surface area contributed by atoms with Crippen molar-refractivity contribution in [1.29, 1.82) is 0 Å². The second-order valence-electron chi connectivity index (χ2n) is 4.27. The van der Waals surface area contributed by atoms with E-state index in [9.17, 15) is 13.9 Å². The third-order valence-corrected chi connectivity index (χ3v) is 2.89. The normalized spacial score (nSPS) is 13.6. The lowest BCUT2D eigenvalue weighted by atomic mass is 10.1. The van der Waals surface area contributed by atoms with Crippen LogP contribution in [0.1, 0.15) is 17.7 Å². The highest BCUT2D eigenvalue weighted by Gasteiger charge is 2.47. The number of pyridine rings is 1. The number of hydrogen-bond acceptors (Lipinski definition) is 4. The molecule has 0 aliphatic heterocycles. The van der Waals surface area contributed by atoms with Gasteiger partial charge in [0, 0.05) is 6.20 Å². The summed E-state index contributed by atoms with van der Waals surface area (Å²) in [7, 11) is 0. The first-order valence-electron chi connectivity index (χ1n) is 5.92. The van der Waals surface area contributed by atoms with E-state index >= 15 is 0 Å². The predicted molar refractivity (Wildman–Crippen MR) is 67.1 cm³/mol. The lowest BCUT2D eigenvalue weighted by Crippen LogP contribution is -2.24. The summed E-state index contributed by atoms with van der Waals surface area (Å²) in [6.07, 6.45) is -0.780. The fraction of sp³-hybridized carbons (Fsp3) is 0.143. The molecule has 0 aliphatic carbocycles. The van der Waals surface area contributed by atoms with Crippen LogP contribution in [-0.2, 0) is 5.92 Å². The van der Waals surface area contributed by atoms with Gasteiger partial charge in [-0.2, -0.15) is 8.78 Å². The molecule has 1 aromatic carbocycles. The van der Waals surface area contributed by atoms with Gasteiger partial charge < -0.3 is 9.52 Å². The number of alkyl halides is 2. The molecule has 1 unspecified atom stereocenters. The Balaban J connectivity index is 2.02. The van der Waals surface area contributed by atoms with E-state index in [1.807, 2.05) is 0 Å². The summed E-state index contributed by atoms with van der Waals surface area (Å²) in [6.45, 7) is 0. The molecule has 2 aromatic heterocycles. The molecule has 3 aromatic rings. The lowest BCUT2D eigenvalue weighted by Gasteiger charge is -2.18. The molecule has 0 radical (unpaired) electrons. The highest BCUT2D eigenvalue weighted by Crippen LogP contribution is 2.40. The van der Waals surface area contributed by atoms with E-state index in [2.05, 4.69) is 9.97 Å². The minimum atomic E-state index is -3.66. The van der Waals surface area contributed by atoms with Gasteiger partial charge in [-0.1, -0.05) is 18.2 Å². The fourth-order valence-electron chi connectivity index (χ4n) is 1.86. The van der Waals surface area contributed by atoms with Gasteiger partial charge in [0.1, 0.15) is 5.52 Å². The summed E-state index contributed by atoms with van der Waals surface area (Å²) in [5.74, 6) is -4.48. The number of aromatic nitrogens is 2. The minimum absolute atomic E-state index is 0.139. The Morgan fingerprint density at radius 2 is 1.85 bits per heavy atom. The van der Waals surface area contributed by atoms with Crippen LogP contribution in [0.15, 0.2) is 53.1 Å². The molecule has 2 heterocycles. The van der Waals surface area contributed by atoms with Crippen molar-refractivity contribution in [3.8, 4) is 0 Å². The molecule has 0 amide bonds. The number of nitrogens with zero attached hydrogens (tertiary/aromatic N) is 2. The van der Waals surface area contributed by atoms with Gasteiger partial charge in [-0.25, -0.2) is 4.98 Å². The second kappa shape index (κ2) is 4.64. The molecule has 20 heavy (non-hydrogen) atoms. The lowest BCUT2D eigenvalue weighted by molar-refractivity contribution is -0.135. The summed E-state index contributed by atoms with van der Waals surface area (Å²) < 4.78 is 33.5. The van der Waals surface area contributed by atoms with Crippen molar-refractivity contribution in [2.45, 2.75) is 12.0 Å². The fourth-order valence-corrected chi connectivity index (χ4v) is 1.86. The summed E-state index contributed by atoms with van der Waals surface area (Å²) in [4.78, 5) is 7.45. The van der Waals surface area contributed by atoms with Crippen molar-refractivity contribution >= 4 is 11.1 Å². The summed E-state index contributed by atoms with van der Waals surface area (Å²) in [5.41, 5.74) is 0.422. The van der Waals surface area contributed by atoms with Gasteiger partial charge in [-0.05, 0) is 24.3 Å². The Bertz CT molecular complexity index is 695. The highest BCUT2D eigenvalue weighted by atomic mass is 19.3. The maximum Gasteiger partial charge on any atom is 0.353 e. The van der Waals surface area contributed by atoms with Crippen molar-refractivity contribution in [2.24, 2.45) is 0 Å². The molecular formula is C14H10F2N2O2. The van der Waals surface area contributed by atoms with Gasteiger partial charge in [0.2, 0.25) is 0 Å². The van der Waals surface area contributed by atoms with Crippen LogP contribution >= 0.6 is 0 Å². The van der Waals surface area contributed by atoms with Crippen LogP contribution in [-0.4, -0.2) is 15.1 Å². The summed E-state index contributed by atoms with van der Waals surface area (Å²) in [6, 6.07) is 10.8. The van der Waals surface area contributed by atoms with Crippen LogP contribution in [0.2, 0.25) is 0 Å². The predicted octanol–water partition coefficient (Wildman–Crippen LogP) is 3.05. The molecule has 0 aliphatic rings. The number of fused-ring (bicyclic) bond motifs is 1. The van der Waals surface area contributed by atoms with Gasteiger partial charge in [0.15, 0.2) is 11.7 Å². The molecule has 0 spiro atoms. The van der Waals surface area contributed by atoms with Gasteiger partial charge in [0.05, 0.1) is 5.69 Å². The molecule has 0 fully saturated rings. The number of benzene rings is 1. The maximum atomic E-state index is 14.2. The van der Waals surface area contributed by atoms with E-state index in [-0.39, 0.29) is 11.3 Å². The van der Waals surface area contributed by atoms with Crippen LogP contribution < -0.4 is 0 Å². The second-order valence-corrected chi connectivity index (χ2v) is 4.27. The molecule has 6 heteroatoms. The zero-order chi connectivity index (χ0) is 14.2. The van der Waals surface area contributed by atoms with Crippen LogP contribution in [0.3, 0.4) is 0 Å². The summed E-state index contributed by atoms with van der Waals surface area (Å²) >= 11 is 0. The molecule has 102 valence electrons. The number of aliphatic hydroxyl groups is 1. The molecule has 1 N–H and O–H groups in total. The van der Waals surface area contributed by atoms with Gasteiger partial charge >= 0.3 is 5.92 Å². The molecular weight excluding hydrogens is 266 g/mol. The SMILES string of the molecule is OC(c1ccccn1)C(F)(F)c1nc2ccccc2o1. The van der Waals surface area contributed by atoms with E-state index in [1.54, 1.807) is 24.3 Å². The van der Waals surface area contributed by atoms with Crippen molar-refractivity contribution in [2.75, 3.05) is 0 Å². The Morgan fingerprint density at radius 1 is 1.10 bits per heavy atom. The molecule has 0 saturated carbocycles. The maximum absolute atomic E-state index is 14.2. The number of halogens is 2. The smallest absolute Gasteiger partial charge is 0.353 e. The topological polar surface area (TPSA) is 59.2 Å². The third-order valence-electron chi connectivity index (χ3n) is 2.89. The number of aliphatic hydroxyl groups excluding tert-OH is 1. The molecule has 0 bridgehead atoms. The van der Waals surface area contributed by atoms with Crippen LogP contribution in [0.5, 0.6) is 0 Å². The number of hydrogen-bond donors (Lipinski definition) is 1. The van der Waals surface area contributed by atoms with Crippen LogP contribution in [0, 0.1) is 0 Å². The van der Waals surface area contributed by atoms with E-state index in [0.717, 1.165) is 0 Å². The Hall–Kier alpha value is -2.34. The van der Waals surface area contributed by atoms with E-state index in [4.69, 9.17) is 4.42 Å². The average Bonchev–Trinajstić information content (AvgIpc) is 2.92. The monoisotopic (exact) mass is 276 g/mol. The van der Waals surface area contributed by atoms with Gasteiger partial charge in [-0.15, -0.1) is 0 Å². The molecule has 3 rings (SSSR count). The van der Waals surface area contributed by atoms with E-state index in [1.165, 1.54) is 24.4 Å². The van der Waals surface area contributed by atoms with E-state index in [0.29, 0.717) is 5.52 Å². The molecule has 0 saturated heterocycles. The quantitative estimate of drug-likeness (QED) is 0.798. The number of rotatable bonds is 3. The average molecular weight is 276 g/mol. The first-order chi connectivity index (χ1) is 9.59. The first kappa shape index (κ1) is 12.7. The third kappa shape index (κ3) is 2.04. The molecule has 1 atom stereocenters. The number of para-hydroxylation sites is 2. The zero-order valence-electron chi connectivity index (χ0n) is 10.2. The van der Waals surface area contributed by atoms with Crippen molar-refractivity contribution in [3.05, 3.63) is 60.2 Å².